The van der Waals surface area contributed by atoms with Crippen LogP contribution in [-0.4, -0.2) is 48.9 Å². The predicted octanol–water partition coefficient (Wildman–Crippen LogP) is 0.559. The summed E-state index contributed by atoms with van der Waals surface area (Å²) < 4.78 is 5.16. The van der Waals surface area contributed by atoms with Gasteiger partial charge in [0.2, 0.25) is 17.7 Å². The molecule has 3 N–H and O–H groups in total. The quantitative estimate of drug-likeness (QED) is 0.499. The van der Waals surface area contributed by atoms with Crippen molar-refractivity contribution in [2.45, 2.75) is 37.4 Å². The van der Waals surface area contributed by atoms with E-state index in [0.29, 0.717) is 10.9 Å². The number of piperazine rings is 1. The van der Waals surface area contributed by atoms with Gasteiger partial charge < -0.3 is 20.7 Å². The molecule has 0 radical (unpaired) electrons. The van der Waals surface area contributed by atoms with Crippen LogP contribution in [0.4, 0.5) is 0 Å². The maximum absolute atomic E-state index is 12.3. The average molecular weight is 452 g/mol. The Labute approximate surface area is 171 Å². The summed E-state index contributed by atoms with van der Waals surface area (Å²) in [5.41, 5.74) is 0.912. The van der Waals surface area contributed by atoms with Crippen LogP contribution < -0.4 is 16.0 Å². The topological polar surface area (TPSA) is 114 Å². The highest BCUT2D eigenvalue weighted by molar-refractivity contribution is 9.11. The van der Waals surface area contributed by atoms with Gasteiger partial charge in [0.1, 0.15) is 18.1 Å². The molecule has 3 atom stereocenters. The van der Waals surface area contributed by atoms with Crippen LogP contribution in [0.25, 0.3) is 0 Å². The normalized spacial score (nSPS) is 19.8. The Morgan fingerprint density at radius 3 is 2.39 bits per heavy atom. The van der Waals surface area contributed by atoms with Crippen molar-refractivity contribution in [2.24, 2.45) is 0 Å². The van der Waals surface area contributed by atoms with Gasteiger partial charge in [0.05, 0.1) is 13.5 Å². The number of carbonyl (C=O) groups excluding carboxylic acids is 4. The number of methoxy groups -OCH3 is 1. The van der Waals surface area contributed by atoms with Crippen LogP contribution >= 0.6 is 15.9 Å². The Morgan fingerprint density at radius 2 is 1.79 bits per heavy atom. The second-order valence-corrected chi connectivity index (χ2v) is 7.50. The fourth-order valence-corrected chi connectivity index (χ4v) is 3.13. The van der Waals surface area contributed by atoms with Crippen LogP contribution in [0, 0.1) is 0 Å². The number of hydrogen-bond donors (Lipinski definition) is 3. The number of rotatable bonds is 8. The van der Waals surface area contributed by atoms with Crippen LogP contribution in [-0.2, 0) is 30.3 Å². The molecule has 0 bridgehead atoms. The molecule has 0 aromatic heterocycles. The van der Waals surface area contributed by atoms with Crippen molar-refractivity contribution in [1.82, 2.24) is 16.0 Å². The first-order valence-corrected chi connectivity index (χ1v) is 9.44. The number of halogens is 1. The maximum Gasteiger partial charge on any atom is 0.328 e. The highest BCUT2D eigenvalue weighted by Gasteiger charge is 2.35. The van der Waals surface area contributed by atoms with Gasteiger partial charge in [0.25, 0.3) is 0 Å². The lowest BCUT2D eigenvalue weighted by molar-refractivity contribution is -0.145. The van der Waals surface area contributed by atoms with E-state index in [1.54, 1.807) is 0 Å². The SMILES string of the molecule is C=C(Br)C[C@H](NC(=O)C[C@@H]1NC(=O)[C@H](Cc2ccccc2)NC1=O)C(=O)OC. The third-order valence-corrected chi connectivity index (χ3v) is 4.51. The Bertz CT molecular complexity index is 768. The minimum atomic E-state index is -1.01. The van der Waals surface area contributed by atoms with Gasteiger partial charge in [0, 0.05) is 12.8 Å². The minimum Gasteiger partial charge on any atom is -0.467 e. The molecule has 1 aliphatic rings. The summed E-state index contributed by atoms with van der Waals surface area (Å²) in [4.78, 5) is 48.6. The van der Waals surface area contributed by atoms with E-state index in [-0.39, 0.29) is 18.7 Å². The fraction of sp³-hybridized carbons (Fsp3) is 0.368. The van der Waals surface area contributed by atoms with Crippen molar-refractivity contribution in [1.29, 1.82) is 0 Å². The Balaban J connectivity index is 1.93. The molecule has 2 rings (SSSR count). The zero-order valence-corrected chi connectivity index (χ0v) is 17.0. The smallest absolute Gasteiger partial charge is 0.328 e. The molecule has 3 amide bonds. The molecule has 0 saturated carbocycles. The molecule has 1 heterocycles. The van der Waals surface area contributed by atoms with Crippen LogP contribution in [0.15, 0.2) is 41.4 Å². The minimum absolute atomic E-state index is 0.140. The van der Waals surface area contributed by atoms with E-state index in [0.717, 1.165) is 5.56 Å². The highest BCUT2D eigenvalue weighted by Crippen LogP contribution is 2.12. The van der Waals surface area contributed by atoms with Crippen LogP contribution in [0.5, 0.6) is 0 Å². The number of nitrogens with one attached hydrogen (secondary N) is 3. The maximum atomic E-state index is 12.3. The van der Waals surface area contributed by atoms with E-state index < -0.39 is 35.9 Å². The van der Waals surface area contributed by atoms with Gasteiger partial charge >= 0.3 is 5.97 Å². The lowest BCUT2D eigenvalue weighted by Crippen LogP contribution is -2.63. The number of ether oxygens (including phenoxy) is 1. The van der Waals surface area contributed by atoms with E-state index in [1.165, 1.54) is 7.11 Å². The van der Waals surface area contributed by atoms with E-state index in [1.807, 2.05) is 30.3 Å². The molecule has 0 spiro atoms. The first-order valence-electron chi connectivity index (χ1n) is 8.65. The van der Waals surface area contributed by atoms with Crippen molar-refractivity contribution < 1.29 is 23.9 Å². The zero-order chi connectivity index (χ0) is 20.7. The molecular weight excluding hydrogens is 430 g/mol. The first-order chi connectivity index (χ1) is 13.3. The van der Waals surface area contributed by atoms with Crippen molar-refractivity contribution in [2.75, 3.05) is 7.11 Å². The monoisotopic (exact) mass is 451 g/mol. The summed E-state index contributed by atoms with van der Waals surface area (Å²) in [7, 11) is 1.21. The van der Waals surface area contributed by atoms with E-state index in [2.05, 4.69) is 43.2 Å². The van der Waals surface area contributed by atoms with Crippen LogP contribution in [0.2, 0.25) is 0 Å². The molecule has 1 aromatic carbocycles. The van der Waals surface area contributed by atoms with Gasteiger partial charge in [-0.1, -0.05) is 52.8 Å². The van der Waals surface area contributed by atoms with Gasteiger partial charge in [-0.25, -0.2) is 4.79 Å². The summed E-state index contributed by atoms with van der Waals surface area (Å²) in [5, 5.41) is 7.71. The third-order valence-electron chi connectivity index (χ3n) is 4.18. The second-order valence-electron chi connectivity index (χ2n) is 6.38. The van der Waals surface area contributed by atoms with Gasteiger partial charge in [-0.15, -0.1) is 0 Å². The number of carbonyl (C=O) groups is 4. The average Bonchev–Trinajstić information content (AvgIpc) is 2.65. The summed E-state index contributed by atoms with van der Waals surface area (Å²) >= 11 is 3.14. The molecular formula is C19H22BrN3O5. The summed E-state index contributed by atoms with van der Waals surface area (Å²) in [6.45, 7) is 3.64. The Kier molecular flexibility index (Phi) is 7.74. The standard InChI is InChI=1S/C19H22BrN3O5/c1-11(20)8-15(19(27)28-2)21-16(24)10-14-18(26)22-13(17(25)23-14)9-12-6-4-3-5-7-12/h3-7,13-15H,1,8-10H2,2H3,(H,21,24)(H,22,26)(H,23,25)/t13-,14-,15-/m0/s1. The van der Waals surface area contributed by atoms with Crippen molar-refractivity contribution >= 4 is 39.6 Å². The van der Waals surface area contributed by atoms with E-state index in [9.17, 15) is 19.2 Å². The highest BCUT2D eigenvalue weighted by atomic mass is 79.9. The number of esters is 1. The number of benzene rings is 1. The fourth-order valence-electron chi connectivity index (χ4n) is 2.81. The van der Waals surface area contributed by atoms with Crippen molar-refractivity contribution in [3.63, 3.8) is 0 Å². The number of hydrogen-bond acceptors (Lipinski definition) is 5. The molecule has 1 aliphatic heterocycles. The van der Waals surface area contributed by atoms with Crippen molar-refractivity contribution in [3.8, 4) is 0 Å². The van der Waals surface area contributed by atoms with Gasteiger partial charge in [-0.05, 0) is 10.0 Å². The van der Waals surface area contributed by atoms with Gasteiger partial charge in [0.15, 0.2) is 0 Å². The summed E-state index contributed by atoms with van der Waals surface area (Å²) in [6.07, 6.45) is 0.202. The second kappa shape index (κ2) is 10.0. The molecule has 1 saturated heterocycles. The van der Waals surface area contributed by atoms with E-state index in [4.69, 9.17) is 0 Å². The molecule has 1 aromatic rings. The van der Waals surface area contributed by atoms with Gasteiger partial charge in [-0.3, -0.25) is 14.4 Å². The lowest BCUT2D eigenvalue weighted by Gasteiger charge is -2.29. The molecule has 28 heavy (non-hydrogen) atoms. The Hall–Kier alpha value is -2.68. The molecule has 8 nitrogen and oxygen atoms in total. The summed E-state index contributed by atoms with van der Waals surface area (Å²) in [5.74, 6) is -2.00. The largest absolute Gasteiger partial charge is 0.467 e. The van der Waals surface area contributed by atoms with Crippen LogP contribution in [0.1, 0.15) is 18.4 Å². The van der Waals surface area contributed by atoms with Gasteiger partial charge in [-0.2, -0.15) is 0 Å². The predicted molar refractivity (Wildman–Crippen MR) is 105 cm³/mol. The lowest BCUT2D eigenvalue weighted by atomic mass is 10.0. The molecule has 1 fully saturated rings. The molecule has 0 aliphatic carbocycles. The van der Waals surface area contributed by atoms with Crippen LogP contribution in [0.3, 0.4) is 0 Å². The molecule has 150 valence electrons. The summed E-state index contributed by atoms with van der Waals surface area (Å²) in [6, 6.07) is 6.66. The Morgan fingerprint density at radius 1 is 1.18 bits per heavy atom. The first kappa shape index (κ1) is 21.6. The molecule has 0 unspecified atom stereocenters. The molecule has 9 heteroatoms. The number of amides is 3. The third kappa shape index (κ3) is 6.19. The zero-order valence-electron chi connectivity index (χ0n) is 15.4. The van der Waals surface area contributed by atoms with Crippen molar-refractivity contribution in [3.05, 3.63) is 47.0 Å². The van der Waals surface area contributed by atoms with E-state index >= 15 is 0 Å².